The number of nitrogens with one attached hydrogen (secondary N) is 1. The number of hydroxylamine groups is 1. The van der Waals surface area contributed by atoms with Crippen molar-refractivity contribution in [3.05, 3.63) is 24.0 Å². The van der Waals surface area contributed by atoms with Gasteiger partial charge in [0.1, 0.15) is 0 Å². The Morgan fingerprint density at radius 2 is 1.80 bits per heavy atom. The molecule has 3 fully saturated rings. The standard InChI is InChI=1S/C20H30N4O5S/c25-19(22-26)20(7-13-29-14-8-20)30(27,28)24-11-5-16(6-12-24)18-4-3-17(15-21-18)23-9-1-2-10-23/h3-4,15-16,26H,1-2,5-14H2,(H,22,25). The van der Waals surface area contributed by atoms with Gasteiger partial charge in [-0.15, -0.1) is 0 Å². The fraction of sp³-hybridized carbons (Fsp3) is 0.700. The minimum atomic E-state index is -3.93. The van der Waals surface area contributed by atoms with E-state index < -0.39 is 20.7 Å². The van der Waals surface area contributed by atoms with Crippen molar-refractivity contribution in [1.82, 2.24) is 14.8 Å². The number of hydrogen-bond donors (Lipinski definition) is 2. The SMILES string of the molecule is O=C(NO)C1(S(=O)(=O)N2CCC(c3ccc(N4CCCC4)cn3)CC2)CCOCC1. The van der Waals surface area contributed by atoms with E-state index in [9.17, 15) is 18.4 Å². The lowest BCUT2D eigenvalue weighted by molar-refractivity contribution is -0.134. The van der Waals surface area contributed by atoms with E-state index in [1.807, 2.05) is 6.20 Å². The first-order chi connectivity index (χ1) is 14.5. The minimum Gasteiger partial charge on any atom is -0.381 e. The molecule has 30 heavy (non-hydrogen) atoms. The summed E-state index contributed by atoms with van der Waals surface area (Å²) in [5.74, 6) is -0.673. The van der Waals surface area contributed by atoms with E-state index in [-0.39, 0.29) is 32.0 Å². The molecule has 3 aliphatic rings. The number of anilines is 1. The van der Waals surface area contributed by atoms with Gasteiger partial charge in [-0.1, -0.05) is 0 Å². The van der Waals surface area contributed by atoms with Crippen LogP contribution >= 0.6 is 0 Å². The van der Waals surface area contributed by atoms with E-state index in [0.717, 1.165) is 24.5 Å². The fourth-order valence-electron chi connectivity index (χ4n) is 4.85. The van der Waals surface area contributed by atoms with Gasteiger partial charge in [-0.3, -0.25) is 15.0 Å². The summed E-state index contributed by atoms with van der Waals surface area (Å²) in [6, 6.07) is 4.17. The molecule has 166 valence electrons. The number of carbonyl (C=O) groups excluding carboxylic acids is 1. The molecule has 9 nitrogen and oxygen atoms in total. The molecule has 0 bridgehead atoms. The highest BCUT2D eigenvalue weighted by Crippen LogP contribution is 2.36. The van der Waals surface area contributed by atoms with E-state index in [1.165, 1.54) is 17.1 Å². The molecule has 0 saturated carbocycles. The van der Waals surface area contributed by atoms with E-state index in [0.29, 0.717) is 25.9 Å². The molecule has 2 N–H and O–H groups in total. The van der Waals surface area contributed by atoms with Gasteiger partial charge in [0, 0.05) is 63.8 Å². The largest absolute Gasteiger partial charge is 0.381 e. The van der Waals surface area contributed by atoms with Crippen LogP contribution in [0.15, 0.2) is 18.3 Å². The first-order valence-corrected chi connectivity index (χ1v) is 12.1. The Bertz CT molecular complexity index is 840. The van der Waals surface area contributed by atoms with Gasteiger partial charge in [-0.2, -0.15) is 0 Å². The van der Waals surface area contributed by atoms with Crippen LogP contribution in [0.2, 0.25) is 0 Å². The fourth-order valence-corrected chi connectivity index (χ4v) is 6.99. The average molecular weight is 439 g/mol. The Morgan fingerprint density at radius 1 is 1.13 bits per heavy atom. The third-order valence-electron chi connectivity index (χ3n) is 6.76. The van der Waals surface area contributed by atoms with Crippen molar-refractivity contribution in [2.24, 2.45) is 0 Å². The van der Waals surface area contributed by atoms with Crippen molar-refractivity contribution in [1.29, 1.82) is 0 Å². The van der Waals surface area contributed by atoms with Gasteiger partial charge in [-0.25, -0.2) is 18.2 Å². The summed E-state index contributed by atoms with van der Waals surface area (Å²) >= 11 is 0. The van der Waals surface area contributed by atoms with Gasteiger partial charge in [0.25, 0.3) is 5.91 Å². The summed E-state index contributed by atoms with van der Waals surface area (Å²) in [6.45, 7) is 3.18. The number of pyridine rings is 1. The number of rotatable bonds is 5. The summed E-state index contributed by atoms with van der Waals surface area (Å²) < 4.78 is 31.8. The van der Waals surface area contributed by atoms with Crippen LogP contribution in [0.1, 0.15) is 50.1 Å². The van der Waals surface area contributed by atoms with Crippen molar-refractivity contribution in [2.75, 3.05) is 44.3 Å². The van der Waals surface area contributed by atoms with Crippen LogP contribution in [0, 0.1) is 0 Å². The van der Waals surface area contributed by atoms with Crippen LogP contribution in [0.3, 0.4) is 0 Å². The van der Waals surface area contributed by atoms with E-state index in [1.54, 1.807) is 5.48 Å². The van der Waals surface area contributed by atoms with E-state index in [4.69, 9.17) is 4.74 Å². The first-order valence-electron chi connectivity index (χ1n) is 10.7. The molecule has 10 heteroatoms. The maximum atomic E-state index is 13.4. The van der Waals surface area contributed by atoms with Gasteiger partial charge in [0.05, 0.1) is 11.9 Å². The zero-order valence-corrected chi connectivity index (χ0v) is 17.9. The molecule has 1 aromatic heterocycles. The smallest absolute Gasteiger partial charge is 0.266 e. The summed E-state index contributed by atoms with van der Waals surface area (Å²) in [4.78, 5) is 19.4. The monoisotopic (exact) mass is 438 g/mol. The van der Waals surface area contributed by atoms with Crippen LogP contribution in [-0.2, 0) is 19.6 Å². The Labute approximate surface area is 177 Å². The molecule has 0 spiro atoms. The second kappa shape index (κ2) is 8.78. The van der Waals surface area contributed by atoms with Crippen LogP contribution in [-0.4, -0.2) is 73.0 Å². The minimum absolute atomic E-state index is 0.0428. The Morgan fingerprint density at radius 3 is 2.37 bits per heavy atom. The molecule has 3 saturated heterocycles. The van der Waals surface area contributed by atoms with E-state index in [2.05, 4.69) is 22.0 Å². The van der Waals surface area contributed by atoms with Gasteiger partial charge >= 0.3 is 0 Å². The molecule has 1 aromatic rings. The third kappa shape index (κ3) is 3.81. The van der Waals surface area contributed by atoms with Crippen molar-refractivity contribution in [3.63, 3.8) is 0 Å². The number of nitrogens with zero attached hydrogens (tertiary/aromatic N) is 3. The van der Waals surface area contributed by atoms with E-state index >= 15 is 0 Å². The summed E-state index contributed by atoms with van der Waals surface area (Å²) in [7, 11) is -3.93. The zero-order valence-electron chi connectivity index (χ0n) is 17.1. The highest BCUT2D eigenvalue weighted by molar-refractivity contribution is 7.91. The second-order valence-electron chi connectivity index (χ2n) is 8.36. The molecule has 3 aliphatic heterocycles. The maximum absolute atomic E-state index is 13.4. The Kier molecular flexibility index (Phi) is 6.29. The number of sulfonamides is 1. The molecule has 0 atom stereocenters. The van der Waals surface area contributed by atoms with Crippen molar-refractivity contribution >= 4 is 21.6 Å². The number of ether oxygens (including phenoxy) is 1. The summed E-state index contributed by atoms with van der Waals surface area (Å²) in [6.07, 6.45) is 5.76. The number of piperidine rings is 1. The molecule has 1 amide bonds. The predicted molar refractivity (Wildman–Crippen MR) is 111 cm³/mol. The molecular weight excluding hydrogens is 408 g/mol. The van der Waals surface area contributed by atoms with Crippen LogP contribution in [0.5, 0.6) is 0 Å². The summed E-state index contributed by atoms with van der Waals surface area (Å²) in [5, 5.41) is 9.17. The highest BCUT2D eigenvalue weighted by atomic mass is 32.2. The molecule has 0 aliphatic carbocycles. The van der Waals surface area contributed by atoms with Crippen molar-refractivity contribution < 1.29 is 23.2 Å². The molecule has 4 rings (SSSR count). The van der Waals surface area contributed by atoms with Gasteiger partial charge in [0.15, 0.2) is 4.75 Å². The van der Waals surface area contributed by atoms with Crippen LogP contribution in [0.4, 0.5) is 5.69 Å². The normalized spacial score (nSPS) is 23.4. The topological polar surface area (TPSA) is 112 Å². The van der Waals surface area contributed by atoms with Crippen LogP contribution < -0.4 is 10.4 Å². The van der Waals surface area contributed by atoms with Crippen LogP contribution in [0.25, 0.3) is 0 Å². The number of amides is 1. The molecule has 0 radical (unpaired) electrons. The molecule has 4 heterocycles. The number of hydrogen-bond acceptors (Lipinski definition) is 7. The molecule has 0 unspecified atom stereocenters. The van der Waals surface area contributed by atoms with Gasteiger partial charge < -0.3 is 9.64 Å². The molecule has 0 aromatic carbocycles. The second-order valence-corrected chi connectivity index (χ2v) is 10.6. The predicted octanol–water partition coefficient (Wildman–Crippen LogP) is 1.25. The lowest BCUT2D eigenvalue weighted by atomic mass is 9.94. The number of carbonyl (C=O) groups is 1. The quantitative estimate of drug-likeness (QED) is 0.525. The molecular formula is C20H30N4O5S. The Balaban J connectivity index is 1.43. The number of aromatic nitrogens is 1. The zero-order chi connectivity index (χ0) is 21.2. The Hall–Kier alpha value is -1.75. The van der Waals surface area contributed by atoms with Gasteiger partial charge in [0.2, 0.25) is 10.0 Å². The first kappa shape index (κ1) is 21.5. The third-order valence-corrected chi connectivity index (χ3v) is 9.39. The lowest BCUT2D eigenvalue weighted by Crippen LogP contribution is -2.60. The lowest BCUT2D eigenvalue weighted by Gasteiger charge is -2.40. The van der Waals surface area contributed by atoms with Gasteiger partial charge in [-0.05, 0) is 37.8 Å². The summed E-state index contributed by atoms with van der Waals surface area (Å²) in [5.41, 5.74) is 3.71. The van der Waals surface area contributed by atoms with Crippen molar-refractivity contribution in [2.45, 2.75) is 49.2 Å². The van der Waals surface area contributed by atoms with Crippen molar-refractivity contribution in [3.8, 4) is 0 Å². The average Bonchev–Trinajstić information content (AvgIpc) is 3.34. The highest BCUT2D eigenvalue weighted by Gasteiger charge is 2.54. The maximum Gasteiger partial charge on any atom is 0.266 e.